The topological polar surface area (TPSA) is 92.9 Å². The fraction of sp³-hybridized carbons (Fsp3) is 0.857. The maximum Gasteiger partial charge on any atom is 0.311 e. The van der Waals surface area contributed by atoms with Crippen LogP contribution in [0.1, 0.15) is 39.0 Å². The minimum absolute atomic E-state index is 0.0357. The molecular weight excluding hydrogens is 260 g/mol. The zero-order chi connectivity index (χ0) is 14.8. The van der Waals surface area contributed by atoms with E-state index in [2.05, 4.69) is 0 Å². The van der Waals surface area contributed by atoms with Gasteiger partial charge < -0.3 is 20.5 Å². The third-order valence-electron chi connectivity index (χ3n) is 4.49. The number of nitrogens with two attached hydrogens (primary N) is 1. The van der Waals surface area contributed by atoms with Crippen molar-refractivity contribution in [3.05, 3.63) is 0 Å². The molecule has 20 heavy (non-hydrogen) atoms. The maximum atomic E-state index is 12.4. The van der Waals surface area contributed by atoms with E-state index in [1.165, 1.54) is 0 Å². The Morgan fingerprint density at radius 2 is 2.20 bits per heavy atom. The first-order valence-corrected chi connectivity index (χ1v) is 7.40. The van der Waals surface area contributed by atoms with Crippen LogP contribution in [0.5, 0.6) is 0 Å². The van der Waals surface area contributed by atoms with Crippen molar-refractivity contribution in [2.45, 2.75) is 51.2 Å². The summed E-state index contributed by atoms with van der Waals surface area (Å²) in [7, 11) is 0. The van der Waals surface area contributed by atoms with Crippen molar-refractivity contribution in [1.82, 2.24) is 4.90 Å². The molecule has 3 atom stereocenters. The predicted octanol–water partition coefficient (Wildman–Crippen LogP) is 0.596. The van der Waals surface area contributed by atoms with Gasteiger partial charge in [-0.1, -0.05) is 13.3 Å². The van der Waals surface area contributed by atoms with Crippen molar-refractivity contribution < 1.29 is 19.4 Å². The van der Waals surface area contributed by atoms with Crippen molar-refractivity contribution in [2.24, 2.45) is 11.1 Å². The highest BCUT2D eigenvalue weighted by Crippen LogP contribution is 2.36. The molecule has 0 bridgehead atoms. The second-order valence-electron chi connectivity index (χ2n) is 5.91. The molecule has 3 N–H and O–H groups in total. The zero-order valence-electron chi connectivity index (χ0n) is 12.0. The van der Waals surface area contributed by atoms with Crippen molar-refractivity contribution in [3.63, 3.8) is 0 Å². The van der Waals surface area contributed by atoms with Crippen molar-refractivity contribution >= 4 is 11.9 Å². The first-order valence-electron chi connectivity index (χ1n) is 7.40. The van der Waals surface area contributed by atoms with Gasteiger partial charge in [0, 0.05) is 19.6 Å². The number of carboxylic acid groups (broad SMARTS) is 1. The lowest BCUT2D eigenvalue weighted by Crippen LogP contribution is -2.41. The van der Waals surface area contributed by atoms with Gasteiger partial charge in [-0.3, -0.25) is 9.59 Å². The summed E-state index contributed by atoms with van der Waals surface area (Å²) in [5.41, 5.74) is 4.78. The number of likely N-dealkylation sites (tertiary alicyclic amines) is 1. The van der Waals surface area contributed by atoms with Crippen LogP contribution in [-0.4, -0.2) is 53.7 Å². The Bertz CT molecular complexity index is 387. The van der Waals surface area contributed by atoms with Gasteiger partial charge in [0.2, 0.25) is 0 Å². The van der Waals surface area contributed by atoms with E-state index in [9.17, 15) is 14.7 Å². The molecule has 0 aliphatic carbocycles. The van der Waals surface area contributed by atoms with Gasteiger partial charge in [0.25, 0.3) is 5.91 Å². The molecule has 6 nitrogen and oxygen atoms in total. The van der Waals surface area contributed by atoms with Gasteiger partial charge in [0.15, 0.2) is 0 Å². The molecule has 6 heteroatoms. The van der Waals surface area contributed by atoms with E-state index in [4.69, 9.17) is 10.5 Å². The summed E-state index contributed by atoms with van der Waals surface area (Å²) < 4.78 is 5.61. The number of nitrogens with zero attached hydrogens (tertiary/aromatic N) is 1. The van der Waals surface area contributed by atoms with Crippen LogP contribution >= 0.6 is 0 Å². The number of carboxylic acids is 1. The van der Waals surface area contributed by atoms with Crippen LogP contribution in [0.4, 0.5) is 0 Å². The molecule has 0 spiro atoms. The highest BCUT2D eigenvalue weighted by Gasteiger charge is 2.47. The van der Waals surface area contributed by atoms with Crippen LogP contribution in [0.15, 0.2) is 0 Å². The first-order chi connectivity index (χ1) is 9.52. The standard InChI is InChI=1S/C14H24N2O4/c1-2-5-14(13(18)19)6-7-16(9-14)12(17)11-4-3-10(8-15)20-11/h10-11H,2-9,15H2,1H3,(H,18,19). The molecule has 2 heterocycles. The fourth-order valence-corrected chi connectivity index (χ4v) is 3.29. The summed E-state index contributed by atoms with van der Waals surface area (Å²) in [6, 6.07) is 0. The first kappa shape index (κ1) is 15.3. The van der Waals surface area contributed by atoms with Crippen molar-refractivity contribution in [1.29, 1.82) is 0 Å². The summed E-state index contributed by atoms with van der Waals surface area (Å²) in [5, 5.41) is 9.45. The van der Waals surface area contributed by atoms with Gasteiger partial charge in [-0.15, -0.1) is 0 Å². The fourth-order valence-electron chi connectivity index (χ4n) is 3.29. The second-order valence-corrected chi connectivity index (χ2v) is 5.91. The van der Waals surface area contributed by atoms with Crippen LogP contribution in [-0.2, 0) is 14.3 Å². The molecule has 0 saturated carbocycles. The predicted molar refractivity (Wildman–Crippen MR) is 73.1 cm³/mol. The SMILES string of the molecule is CCCC1(C(=O)O)CCN(C(=O)C2CCC(CN)O2)C1. The van der Waals surface area contributed by atoms with E-state index in [1.54, 1.807) is 4.90 Å². The Morgan fingerprint density at radius 3 is 2.75 bits per heavy atom. The molecule has 1 amide bonds. The van der Waals surface area contributed by atoms with E-state index < -0.39 is 17.5 Å². The smallest absolute Gasteiger partial charge is 0.311 e. The number of amides is 1. The number of aliphatic carboxylic acids is 1. The molecule has 2 rings (SSSR count). The molecule has 2 aliphatic heterocycles. The lowest BCUT2D eigenvalue weighted by atomic mass is 9.83. The third kappa shape index (κ3) is 2.81. The quantitative estimate of drug-likeness (QED) is 0.771. The Labute approximate surface area is 119 Å². The minimum Gasteiger partial charge on any atom is -0.481 e. The number of rotatable bonds is 5. The van der Waals surface area contributed by atoms with E-state index >= 15 is 0 Å². The molecule has 0 aromatic heterocycles. The highest BCUT2D eigenvalue weighted by molar-refractivity contribution is 5.83. The zero-order valence-corrected chi connectivity index (χ0v) is 12.0. The molecular formula is C14H24N2O4. The van der Waals surface area contributed by atoms with E-state index in [1.807, 2.05) is 6.92 Å². The Morgan fingerprint density at radius 1 is 1.45 bits per heavy atom. The molecule has 2 fully saturated rings. The molecule has 0 radical (unpaired) electrons. The Kier molecular flexibility index (Phi) is 4.65. The van der Waals surface area contributed by atoms with Gasteiger partial charge in [-0.2, -0.15) is 0 Å². The minimum atomic E-state index is -0.790. The van der Waals surface area contributed by atoms with Gasteiger partial charge >= 0.3 is 5.97 Å². The monoisotopic (exact) mass is 284 g/mol. The molecule has 0 aromatic rings. The number of ether oxygens (including phenoxy) is 1. The van der Waals surface area contributed by atoms with E-state index in [0.29, 0.717) is 38.9 Å². The average Bonchev–Trinajstić information content (AvgIpc) is 3.05. The lowest BCUT2D eigenvalue weighted by molar-refractivity contribution is -0.150. The van der Waals surface area contributed by atoms with Crippen molar-refractivity contribution in [2.75, 3.05) is 19.6 Å². The van der Waals surface area contributed by atoms with Crippen LogP contribution in [0.3, 0.4) is 0 Å². The number of carbonyl (C=O) groups is 2. The average molecular weight is 284 g/mol. The van der Waals surface area contributed by atoms with E-state index in [0.717, 1.165) is 12.8 Å². The summed E-state index contributed by atoms with van der Waals surface area (Å²) in [4.78, 5) is 25.6. The van der Waals surface area contributed by atoms with E-state index in [-0.39, 0.29) is 12.0 Å². The van der Waals surface area contributed by atoms with Crippen LogP contribution in [0.2, 0.25) is 0 Å². The second kappa shape index (κ2) is 6.10. The lowest BCUT2D eigenvalue weighted by Gasteiger charge is -2.25. The normalized spacial score (nSPS) is 33.6. The highest BCUT2D eigenvalue weighted by atomic mass is 16.5. The van der Waals surface area contributed by atoms with Gasteiger partial charge in [0.05, 0.1) is 11.5 Å². The van der Waals surface area contributed by atoms with Crippen LogP contribution in [0.25, 0.3) is 0 Å². The van der Waals surface area contributed by atoms with Crippen LogP contribution < -0.4 is 5.73 Å². The largest absolute Gasteiger partial charge is 0.481 e. The van der Waals surface area contributed by atoms with Crippen molar-refractivity contribution in [3.8, 4) is 0 Å². The molecule has 0 aromatic carbocycles. The number of hydrogen-bond acceptors (Lipinski definition) is 4. The molecule has 2 aliphatic rings. The Hall–Kier alpha value is -1.14. The van der Waals surface area contributed by atoms with Crippen LogP contribution in [0, 0.1) is 5.41 Å². The van der Waals surface area contributed by atoms with Gasteiger partial charge in [-0.05, 0) is 25.7 Å². The summed E-state index contributed by atoms with van der Waals surface area (Å²) in [5.74, 6) is -0.859. The summed E-state index contributed by atoms with van der Waals surface area (Å²) in [6.07, 6.45) is 2.98. The molecule has 2 saturated heterocycles. The summed E-state index contributed by atoms with van der Waals surface area (Å²) in [6.45, 7) is 3.22. The molecule has 3 unspecified atom stereocenters. The Balaban J connectivity index is 1.98. The number of carbonyl (C=O) groups excluding carboxylic acids is 1. The maximum absolute atomic E-state index is 12.4. The molecule has 114 valence electrons. The number of hydrogen-bond donors (Lipinski definition) is 2. The third-order valence-corrected chi connectivity index (χ3v) is 4.49. The summed E-state index contributed by atoms with van der Waals surface area (Å²) >= 11 is 0. The van der Waals surface area contributed by atoms with Gasteiger partial charge in [0.1, 0.15) is 6.10 Å². The van der Waals surface area contributed by atoms with Gasteiger partial charge in [-0.25, -0.2) is 0 Å².